The van der Waals surface area contributed by atoms with Crippen molar-refractivity contribution in [1.29, 1.82) is 0 Å². The van der Waals surface area contributed by atoms with E-state index in [1.807, 2.05) is 48.5 Å². The maximum atomic E-state index is 6.66. The number of aromatic nitrogens is 3. The summed E-state index contributed by atoms with van der Waals surface area (Å²) in [6.07, 6.45) is 0. The Hall–Kier alpha value is -8.93. The lowest BCUT2D eigenvalue weighted by molar-refractivity contribution is 0.669. The van der Waals surface area contributed by atoms with Crippen LogP contribution in [-0.4, -0.2) is 15.0 Å². The second-order valence-electron chi connectivity index (χ2n) is 16.7. The summed E-state index contributed by atoms with van der Waals surface area (Å²) < 4.78 is 13.3. The maximum absolute atomic E-state index is 6.66. The molecule has 0 N–H and O–H groups in total. The molecule has 0 aliphatic rings. The van der Waals surface area contributed by atoms with Crippen LogP contribution in [0, 0.1) is 0 Å². The van der Waals surface area contributed by atoms with Crippen molar-refractivity contribution in [3.05, 3.63) is 224 Å². The minimum Gasteiger partial charge on any atom is -0.455 e. The van der Waals surface area contributed by atoms with Crippen LogP contribution in [0.4, 0.5) is 0 Å². The Kier molecular flexibility index (Phi) is 8.78. The smallest absolute Gasteiger partial charge is 0.167 e. The molecule has 0 bridgehead atoms. The molecule has 0 saturated heterocycles. The first-order chi connectivity index (χ1) is 32.7. The summed E-state index contributed by atoms with van der Waals surface area (Å²) in [6.45, 7) is 0. The molecule has 0 fully saturated rings. The lowest BCUT2D eigenvalue weighted by atomic mass is 9.84. The first-order valence-electron chi connectivity index (χ1n) is 22.2. The minimum absolute atomic E-state index is 0.494. The molecular weight excluding hydrogens is 807 g/mol. The summed E-state index contributed by atoms with van der Waals surface area (Å²) in [7, 11) is 0. The Balaban J connectivity index is 1.17. The Bertz CT molecular complexity index is 3860. The summed E-state index contributed by atoms with van der Waals surface area (Å²) in [4.78, 5) is 16.4. The zero-order valence-corrected chi connectivity index (χ0v) is 35.5. The van der Waals surface area contributed by atoms with Gasteiger partial charge >= 0.3 is 0 Å². The van der Waals surface area contributed by atoms with Crippen LogP contribution in [0.15, 0.2) is 233 Å². The fourth-order valence-corrected chi connectivity index (χ4v) is 9.67. The molecule has 0 saturated carbocycles. The Morgan fingerprint density at radius 1 is 0.258 bits per heavy atom. The normalized spacial score (nSPS) is 11.6. The fourth-order valence-electron chi connectivity index (χ4n) is 9.67. The molecule has 10 aromatic carbocycles. The molecule has 308 valence electrons. The van der Waals surface area contributed by atoms with Crippen LogP contribution in [0.5, 0.6) is 0 Å². The van der Waals surface area contributed by atoms with Gasteiger partial charge in [-0.2, -0.15) is 0 Å². The molecular formula is C61H37N3O2. The average Bonchev–Trinajstić information content (AvgIpc) is 3.97. The molecule has 13 aromatic rings. The Morgan fingerprint density at radius 2 is 0.682 bits per heavy atom. The van der Waals surface area contributed by atoms with Crippen molar-refractivity contribution >= 4 is 54.6 Å². The van der Waals surface area contributed by atoms with Crippen LogP contribution >= 0.6 is 0 Å². The van der Waals surface area contributed by atoms with Crippen molar-refractivity contribution in [2.75, 3.05) is 0 Å². The zero-order chi connectivity index (χ0) is 43.6. The molecule has 0 radical (unpaired) electrons. The quantitative estimate of drug-likeness (QED) is 0.160. The van der Waals surface area contributed by atoms with Crippen LogP contribution in [-0.2, 0) is 0 Å². The van der Waals surface area contributed by atoms with E-state index in [1.54, 1.807) is 0 Å². The van der Waals surface area contributed by atoms with Gasteiger partial charge in [0.25, 0.3) is 0 Å². The molecule has 66 heavy (non-hydrogen) atoms. The number of rotatable bonds is 7. The van der Waals surface area contributed by atoms with E-state index < -0.39 is 0 Å². The van der Waals surface area contributed by atoms with Gasteiger partial charge in [-0.1, -0.05) is 182 Å². The van der Waals surface area contributed by atoms with Crippen molar-refractivity contribution in [3.8, 4) is 78.7 Å². The highest BCUT2D eigenvalue weighted by Gasteiger charge is 2.25. The predicted molar refractivity (Wildman–Crippen MR) is 270 cm³/mol. The van der Waals surface area contributed by atoms with Crippen molar-refractivity contribution in [1.82, 2.24) is 15.0 Å². The van der Waals surface area contributed by atoms with Crippen LogP contribution in [0.1, 0.15) is 0 Å². The Labute approximate surface area is 379 Å². The van der Waals surface area contributed by atoms with E-state index in [1.165, 1.54) is 0 Å². The monoisotopic (exact) mass is 843 g/mol. The van der Waals surface area contributed by atoms with Gasteiger partial charge in [0.2, 0.25) is 0 Å². The van der Waals surface area contributed by atoms with Crippen molar-refractivity contribution in [2.24, 2.45) is 0 Å². The molecule has 3 aromatic heterocycles. The van der Waals surface area contributed by atoms with Gasteiger partial charge in [-0.25, -0.2) is 15.0 Å². The third kappa shape index (κ3) is 6.28. The minimum atomic E-state index is 0.494. The molecule has 0 spiro atoms. The molecule has 0 aliphatic heterocycles. The molecule has 0 atom stereocenters. The van der Waals surface area contributed by atoms with E-state index in [9.17, 15) is 0 Å². The summed E-state index contributed by atoms with van der Waals surface area (Å²) in [5.74, 6) is 1.51. The summed E-state index contributed by atoms with van der Waals surface area (Å²) in [5.41, 5.74) is 14.0. The number of hydrogen-bond donors (Lipinski definition) is 0. The first kappa shape index (κ1) is 37.6. The predicted octanol–water partition coefficient (Wildman–Crippen LogP) is 16.5. The van der Waals surface area contributed by atoms with E-state index in [0.717, 1.165) is 105 Å². The van der Waals surface area contributed by atoms with Gasteiger partial charge in [0, 0.05) is 32.7 Å². The van der Waals surface area contributed by atoms with Gasteiger partial charge in [-0.15, -0.1) is 0 Å². The lowest BCUT2D eigenvalue weighted by Crippen LogP contribution is -2.03. The number of fused-ring (bicyclic) bond motifs is 7. The molecule has 0 unspecified atom stereocenters. The SMILES string of the molecule is c1ccc(-c2cccc(-c3c(-c4nc(-c5cccc6c5oc5ccccc56)nc(-c5cccc6c5oc5ccccc56)n4)cc(-c4ccccc4)cc3-c3cccc4ccccc34)c2)cc1. The highest BCUT2D eigenvalue weighted by molar-refractivity contribution is 6.11. The van der Waals surface area contributed by atoms with Crippen molar-refractivity contribution in [2.45, 2.75) is 0 Å². The summed E-state index contributed by atoms with van der Waals surface area (Å²) >= 11 is 0. The summed E-state index contributed by atoms with van der Waals surface area (Å²) in [5, 5.41) is 6.37. The Morgan fingerprint density at radius 3 is 1.32 bits per heavy atom. The highest BCUT2D eigenvalue weighted by atomic mass is 16.3. The maximum Gasteiger partial charge on any atom is 0.167 e. The number of benzene rings is 10. The summed E-state index contributed by atoms with van der Waals surface area (Å²) in [6, 6.07) is 78.3. The average molecular weight is 844 g/mol. The topological polar surface area (TPSA) is 65.0 Å². The molecule has 3 heterocycles. The third-order valence-electron chi connectivity index (χ3n) is 12.8. The van der Waals surface area contributed by atoms with Gasteiger partial charge in [0.05, 0.1) is 11.1 Å². The van der Waals surface area contributed by atoms with Gasteiger partial charge in [-0.05, 0) is 92.2 Å². The molecule has 0 aliphatic carbocycles. The number of para-hydroxylation sites is 4. The van der Waals surface area contributed by atoms with Crippen LogP contribution in [0.2, 0.25) is 0 Å². The number of hydrogen-bond acceptors (Lipinski definition) is 5. The van der Waals surface area contributed by atoms with E-state index in [0.29, 0.717) is 28.6 Å². The number of furan rings is 2. The standard InChI is InChI=1S/C61H37N3O2/c1-3-17-38(18-4-1)41-23-13-24-42(35-41)56-52(45-28-14-22-40-21-7-8-25-44(40)45)36-43(39-19-5-2-6-20-39)37-53(56)61-63-59(50-31-15-29-48-46-26-9-11-33-54(46)65-57(48)50)62-60(64-61)51-32-16-30-49-47-27-10-12-34-55(47)66-58(49)51/h1-37H. The molecule has 5 heteroatoms. The molecule has 13 rings (SSSR count). The van der Waals surface area contributed by atoms with Crippen molar-refractivity contribution < 1.29 is 8.83 Å². The second-order valence-corrected chi connectivity index (χ2v) is 16.7. The zero-order valence-electron chi connectivity index (χ0n) is 35.5. The molecule has 5 nitrogen and oxygen atoms in total. The van der Waals surface area contributed by atoms with E-state index in [4.69, 9.17) is 23.8 Å². The van der Waals surface area contributed by atoms with E-state index in [-0.39, 0.29) is 0 Å². The lowest BCUT2D eigenvalue weighted by Gasteiger charge is -2.20. The third-order valence-corrected chi connectivity index (χ3v) is 12.8. The van der Waals surface area contributed by atoms with E-state index >= 15 is 0 Å². The van der Waals surface area contributed by atoms with Gasteiger partial charge in [0.15, 0.2) is 17.5 Å². The second kappa shape index (κ2) is 15.4. The van der Waals surface area contributed by atoms with Gasteiger partial charge in [-0.3, -0.25) is 0 Å². The first-order valence-corrected chi connectivity index (χ1v) is 22.2. The molecule has 0 amide bonds. The fraction of sp³-hybridized carbons (Fsp3) is 0. The number of nitrogens with zero attached hydrogens (tertiary/aromatic N) is 3. The van der Waals surface area contributed by atoms with Gasteiger partial charge < -0.3 is 8.83 Å². The van der Waals surface area contributed by atoms with Crippen LogP contribution < -0.4 is 0 Å². The largest absolute Gasteiger partial charge is 0.455 e. The van der Waals surface area contributed by atoms with E-state index in [2.05, 4.69) is 176 Å². The van der Waals surface area contributed by atoms with Crippen LogP contribution in [0.25, 0.3) is 133 Å². The van der Waals surface area contributed by atoms with Crippen molar-refractivity contribution in [3.63, 3.8) is 0 Å². The highest BCUT2D eigenvalue weighted by Crippen LogP contribution is 2.46. The van der Waals surface area contributed by atoms with Crippen LogP contribution in [0.3, 0.4) is 0 Å². The van der Waals surface area contributed by atoms with Gasteiger partial charge in [0.1, 0.15) is 22.3 Å².